The van der Waals surface area contributed by atoms with Crippen LogP contribution in [0, 0.1) is 0 Å². The normalized spacial score (nSPS) is 16.4. The molecule has 0 aliphatic carbocycles. The largest absolute Gasteiger partial charge is 0.364 e. The standard InChI is InChI=1S/C13H25N3O/c1-5-6-7-8-15-10-16(13(2,3)4)9-11(15)12(14)17/h9H,5-8,10H2,1-4H3,(H2,14,17). The number of hydrogen-bond acceptors (Lipinski definition) is 3. The van der Waals surface area contributed by atoms with Crippen LogP contribution in [0.3, 0.4) is 0 Å². The van der Waals surface area contributed by atoms with Gasteiger partial charge in [-0.2, -0.15) is 0 Å². The summed E-state index contributed by atoms with van der Waals surface area (Å²) >= 11 is 0. The predicted octanol–water partition coefficient (Wildman–Crippen LogP) is 1.88. The molecule has 0 saturated heterocycles. The van der Waals surface area contributed by atoms with Crippen LogP contribution < -0.4 is 5.73 Å². The van der Waals surface area contributed by atoms with Crippen molar-refractivity contribution >= 4 is 5.91 Å². The Hall–Kier alpha value is -1.19. The SMILES string of the molecule is CCCCCN1CN(C(C)(C)C)C=C1C(N)=O. The van der Waals surface area contributed by atoms with E-state index in [1.807, 2.05) is 6.20 Å². The van der Waals surface area contributed by atoms with Crippen LogP contribution >= 0.6 is 0 Å². The maximum Gasteiger partial charge on any atom is 0.266 e. The quantitative estimate of drug-likeness (QED) is 0.745. The first-order valence-electron chi connectivity index (χ1n) is 6.39. The predicted molar refractivity (Wildman–Crippen MR) is 70.0 cm³/mol. The maximum atomic E-state index is 11.4. The summed E-state index contributed by atoms with van der Waals surface area (Å²) in [6.07, 6.45) is 5.39. The van der Waals surface area contributed by atoms with Gasteiger partial charge in [0.25, 0.3) is 5.91 Å². The van der Waals surface area contributed by atoms with Crippen LogP contribution in [0.4, 0.5) is 0 Å². The van der Waals surface area contributed by atoms with Crippen molar-refractivity contribution in [3.05, 3.63) is 11.9 Å². The Bertz CT molecular complexity index is 304. The van der Waals surface area contributed by atoms with E-state index in [9.17, 15) is 4.79 Å². The number of nitrogens with zero attached hydrogens (tertiary/aromatic N) is 2. The molecule has 17 heavy (non-hydrogen) atoms. The highest BCUT2D eigenvalue weighted by Crippen LogP contribution is 2.24. The zero-order chi connectivity index (χ0) is 13.1. The number of carbonyl (C=O) groups excluding carboxylic acids is 1. The van der Waals surface area contributed by atoms with Gasteiger partial charge in [0.2, 0.25) is 0 Å². The molecule has 1 aliphatic heterocycles. The van der Waals surface area contributed by atoms with Crippen molar-refractivity contribution in [2.75, 3.05) is 13.2 Å². The molecule has 0 unspecified atom stereocenters. The van der Waals surface area contributed by atoms with E-state index in [0.29, 0.717) is 5.70 Å². The highest BCUT2D eigenvalue weighted by Gasteiger charge is 2.30. The molecule has 0 aromatic rings. The van der Waals surface area contributed by atoms with Crippen LogP contribution in [-0.2, 0) is 4.79 Å². The Morgan fingerprint density at radius 1 is 1.41 bits per heavy atom. The number of primary amides is 1. The molecule has 4 nitrogen and oxygen atoms in total. The molecule has 4 heteroatoms. The number of rotatable bonds is 5. The summed E-state index contributed by atoms with van der Waals surface area (Å²) in [5.74, 6) is -0.326. The van der Waals surface area contributed by atoms with Crippen molar-refractivity contribution in [2.45, 2.75) is 52.5 Å². The monoisotopic (exact) mass is 239 g/mol. The molecule has 0 bridgehead atoms. The summed E-state index contributed by atoms with van der Waals surface area (Å²) in [4.78, 5) is 15.7. The topological polar surface area (TPSA) is 49.6 Å². The van der Waals surface area contributed by atoms with Crippen LogP contribution in [0.25, 0.3) is 0 Å². The fourth-order valence-corrected chi connectivity index (χ4v) is 1.90. The van der Waals surface area contributed by atoms with Gasteiger partial charge in [-0.25, -0.2) is 0 Å². The zero-order valence-corrected chi connectivity index (χ0v) is 11.5. The lowest BCUT2D eigenvalue weighted by Gasteiger charge is -2.33. The lowest BCUT2D eigenvalue weighted by atomic mass is 10.1. The Balaban J connectivity index is 2.67. The molecule has 98 valence electrons. The summed E-state index contributed by atoms with van der Waals surface area (Å²) in [7, 11) is 0. The van der Waals surface area contributed by atoms with Crippen molar-refractivity contribution in [3.63, 3.8) is 0 Å². The van der Waals surface area contributed by atoms with E-state index in [-0.39, 0.29) is 11.4 Å². The molecule has 1 heterocycles. The third-order valence-electron chi connectivity index (χ3n) is 3.09. The van der Waals surface area contributed by atoms with Crippen molar-refractivity contribution in [1.82, 2.24) is 9.80 Å². The van der Waals surface area contributed by atoms with Crippen molar-refractivity contribution in [1.29, 1.82) is 0 Å². The van der Waals surface area contributed by atoms with Crippen LogP contribution in [0.5, 0.6) is 0 Å². The first-order chi connectivity index (χ1) is 7.86. The van der Waals surface area contributed by atoms with Gasteiger partial charge in [0.15, 0.2) is 0 Å². The van der Waals surface area contributed by atoms with E-state index in [2.05, 4.69) is 37.5 Å². The lowest BCUT2D eigenvalue weighted by Crippen LogP contribution is -2.40. The van der Waals surface area contributed by atoms with Gasteiger partial charge >= 0.3 is 0 Å². The fraction of sp³-hybridized carbons (Fsp3) is 0.769. The van der Waals surface area contributed by atoms with Gasteiger partial charge in [-0.15, -0.1) is 0 Å². The van der Waals surface area contributed by atoms with Gasteiger partial charge in [0.05, 0.1) is 6.67 Å². The van der Waals surface area contributed by atoms with Gasteiger partial charge < -0.3 is 15.5 Å². The molecule has 0 radical (unpaired) electrons. The minimum atomic E-state index is -0.326. The molecule has 0 fully saturated rings. The van der Waals surface area contributed by atoms with E-state index in [0.717, 1.165) is 19.6 Å². The van der Waals surface area contributed by atoms with E-state index in [1.54, 1.807) is 0 Å². The molecule has 1 rings (SSSR count). The molecule has 0 atom stereocenters. The summed E-state index contributed by atoms with van der Waals surface area (Å²) < 4.78 is 0. The van der Waals surface area contributed by atoms with E-state index in [1.165, 1.54) is 12.8 Å². The average molecular weight is 239 g/mol. The van der Waals surface area contributed by atoms with Crippen LogP contribution in [0.2, 0.25) is 0 Å². The highest BCUT2D eigenvalue weighted by molar-refractivity contribution is 5.91. The Labute approximate surface area is 104 Å². The Kier molecular flexibility index (Phi) is 4.43. The van der Waals surface area contributed by atoms with Crippen molar-refractivity contribution in [3.8, 4) is 0 Å². The van der Waals surface area contributed by atoms with E-state index >= 15 is 0 Å². The second-order valence-corrected chi connectivity index (χ2v) is 5.63. The second kappa shape index (κ2) is 5.43. The third kappa shape index (κ3) is 3.65. The Morgan fingerprint density at radius 2 is 2.06 bits per heavy atom. The Morgan fingerprint density at radius 3 is 2.53 bits per heavy atom. The summed E-state index contributed by atoms with van der Waals surface area (Å²) in [6, 6.07) is 0. The van der Waals surface area contributed by atoms with Crippen molar-refractivity contribution in [2.24, 2.45) is 5.73 Å². The summed E-state index contributed by atoms with van der Waals surface area (Å²) in [6.45, 7) is 10.3. The van der Waals surface area contributed by atoms with Gasteiger partial charge in [0.1, 0.15) is 5.70 Å². The minimum absolute atomic E-state index is 0.0280. The van der Waals surface area contributed by atoms with Gasteiger partial charge in [0, 0.05) is 18.3 Å². The maximum absolute atomic E-state index is 11.4. The third-order valence-corrected chi connectivity index (χ3v) is 3.09. The summed E-state index contributed by atoms with van der Waals surface area (Å²) in [5.41, 5.74) is 6.10. The molecule has 0 saturated carbocycles. The average Bonchev–Trinajstić information content (AvgIpc) is 2.61. The highest BCUT2D eigenvalue weighted by atomic mass is 16.1. The molecular weight excluding hydrogens is 214 g/mol. The van der Waals surface area contributed by atoms with Gasteiger partial charge in [-0.05, 0) is 27.2 Å². The number of hydrogen-bond donors (Lipinski definition) is 1. The molecule has 1 aliphatic rings. The molecule has 0 aromatic carbocycles. The van der Waals surface area contributed by atoms with E-state index in [4.69, 9.17) is 5.73 Å². The zero-order valence-electron chi connectivity index (χ0n) is 11.5. The number of amides is 1. The molecule has 1 amide bonds. The summed E-state index contributed by atoms with van der Waals surface area (Å²) in [5, 5.41) is 0. The second-order valence-electron chi connectivity index (χ2n) is 5.63. The fourth-order valence-electron chi connectivity index (χ4n) is 1.90. The minimum Gasteiger partial charge on any atom is -0.364 e. The molecule has 0 spiro atoms. The molecule has 2 N–H and O–H groups in total. The molecule has 0 aromatic heterocycles. The number of nitrogens with two attached hydrogens (primary N) is 1. The molecular formula is C13H25N3O. The number of carbonyl (C=O) groups is 1. The van der Waals surface area contributed by atoms with Gasteiger partial charge in [-0.3, -0.25) is 4.79 Å². The van der Waals surface area contributed by atoms with Crippen LogP contribution in [0.1, 0.15) is 47.0 Å². The first-order valence-corrected chi connectivity index (χ1v) is 6.39. The first kappa shape index (κ1) is 13.9. The van der Waals surface area contributed by atoms with Gasteiger partial charge in [-0.1, -0.05) is 19.8 Å². The van der Waals surface area contributed by atoms with E-state index < -0.39 is 0 Å². The smallest absolute Gasteiger partial charge is 0.266 e. The van der Waals surface area contributed by atoms with Crippen LogP contribution in [-0.4, -0.2) is 34.5 Å². The van der Waals surface area contributed by atoms with Crippen molar-refractivity contribution < 1.29 is 4.79 Å². The number of unbranched alkanes of at least 4 members (excludes halogenated alkanes) is 2. The van der Waals surface area contributed by atoms with Crippen LogP contribution in [0.15, 0.2) is 11.9 Å². The lowest BCUT2D eigenvalue weighted by molar-refractivity contribution is -0.115.